The average Bonchev–Trinajstić information content (AvgIpc) is 2.92. The summed E-state index contributed by atoms with van der Waals surface area (Å²) in [5.41, 5.74) is 1.23. The molecule has 1 amide bonds. The molecule has 0 saturated carbocycles. The number of nitriles is 1. The van der Waals surface area contributed by atoms with Gasteiger partial charge in [-0.15, -0.1) is 0 Å². The van der Waals surface area contributed by atoms with Crippen molar-refractivity contribution in [2.45, 2.75) is 58.6 Å². The lowest BCUT2D eigenvalue weighted by Gasteiger charge is -2.28. The molecule has 0 aromatic heterocycles. The van der Waals surface area contributed by atoms with Gasteiger partial charge in [-0.3, -0.25) is 0 Å². The third-order valence-corrected chi connectivity index (χ3v) is 4.02. The first-order valence-electron chi connectivity index (χ1n) is 8.68. The molecule has 0 bridgehead atoms. The molecule has 0 saturated heterocycles. The van der Waals surface area contributed by atoms with E-state index in [1.54, 1.807) is 26.8 Å². The minimum Gasteiger partial charge on any atom is -0.491 e. The number of alkyl carbamates (subject to hydrolysis) is 1. The van der Waals surface area contributed by atoms with Gasteiger partial charge in [-0.2, -0.15) is 5.26 Å². The summed E-state index contributed by atoms with van der Waals surface area (Å²) in [6.45, 7) is 9.28. The monoisotopic (exact) mass is 358 g/mol. The van der Waals surface area contributed by atoms with Crippen molar-refractivity contribution in [3.8, 4) is 11.8 Å². The quantitative estimate of drug-likeness (QED) is 0.817. The first kappa shape index (κ1) is 19.8. The molecule has 1 atom stereocenters. The van der Waals surface area contributed by atoms with Gasteiger partial charge >= 0.3 is 6.09 Å². The van der Waals surface area contributed by atoms with Gasteiger partial charge in [-0.25, -0.2) is 4.79 Å². The topological polar surface area (TPSA) is 88.4 Å². The molecular formula is C20H26N2O4. The smallest absolute Gasteiger partial charge is 0.408 e. The number of amides is 1. The molecule has 1 aliphatic carbocycles. The Morgan fingerprint density at radius 3 is 2.58 bits per heavy atom. The fourth-order valence-corrected chi connectivity index (χ4v) is 2.90. The Labute approximate surface area is 154 Å². The maximum atomic E-state index is 11.9. The van der Waals surface area contributed by atoms with Crippen molar-refractivity contribution in [3.05, 3.63) is 28.8 Å². The van der Waals surface area contributed by atoms with E-state index in [4.69, 9.17) is 9.47 Å². The second-order valence-corrected chi connectivity index (χ2v) is 8.32. The Balaban J connectivity index is 2.04. The molecule has 26 heavy (non-hydrogen) atoms. The van der Waals surface area contributed by atoms with E-state index in [2.05, 4.69) is 11.4 Å². The molecule has 6 heteroatoms. The number of aldehydes is 1. The van der Waals surface area contributed by atoms with Gasteiger partial charge in [-0.05, 0) is 70.7 Å². The van der Waals surface area contributed by atoms with Gasteiger partial charge in [0.05, 0.1) is 17.2 Å². The van der Waals surface area contributed by atoms with Crippen LogP contribution in [0, 0.1) is 17.2 Å². The Hall–Kier alpha value is -2.55. The number of hydrogen-bond donors (Lipinski definition) is 1. The van der Waals surface area contributed by atoms with E-state index in [-0.39, 0.29) is 12.5 Å². The number of rotatable bonds is 5. The second-order valence-electron chi connectivity index (χ2n) is 8.32. The molecule has 1 unspecified atom stereocenters. The maximum Gasteiger partial charge on any atom is 0.408 e. The number of hydrogen-bond acceptors (Lipinski definition) is 5. The first-order chi connectivity index (χ1) is 12.0. The van der Waals surface area contributed by atoms with E-state index in [0.717, 1.165) is 17.4 Å². The van der Waals surface area contributed by atoms with Crippen LogP contribution in [0.2, 0.25) is 0 Å². The van der Waals surface area contributed by atoms with Crippen LogP contribution in [-0.4, -0.2) is 30.1 Å². The Kier molecular flexibility index (Phi) is 5.60. The normalized spacial score (nSPS) is 16.4. The molecule has 140 valence electrons. The van der Waals surface area contributed by atoms with Gasteiger partial charge in [0.15, 0.2) is 0 Å². The van der Waals surface area contributed by atoms with Crippen LogP contribution >= 0.6 is 0 Å². The molecule has 1 N–H and O–H groups in total. The SMILES string of the molecule is CC(C)(COc1cc(C#N)c2c(c1)CC(C=O)C2)NC(=O)OC(C)(C)C. The van der Waals surface area contributed by atoms with Crippen LogP contribution in [0.3, 0.4) is 0 Å². The van der Waals surface area contributed by atoms with Crippen molar-refractivity contribution in [2.24, 2.45) is 5.92 Å². The fourth-order valence-electron chi connectivity index (χ4n) is 2.90. The van der Waals surface area contributed by atoms with Gasteiger partial charge in [0.2, 0.25) is 0 Å². The minimum atomic E-state index is -0.653. The third kappa shape index (κ3) is 5.22. The lowest BCUT2D eigenvalue weighted by Crippen LogP contribution is -2.49. The molecule has 1 aliphatic rings. The number of nitrogens with one attached hydrogen (secondary N) is 1. The molecule has 0 aliphatic heterocycles. The lowest BCUT2D eigenvalue weighted by atomic mass is 10.0. The number of carbonyl (C=O) groups is 2. The predicted molar refractivity (Wildman–Crippen MR) is 97.1 cm³/mol. The van der Waals surface area contributed by atoms with Crippen molar-refractivity contribution in [2.75, 3.05) is 6.61 Å². The summed E-state index contributed by atoms with van der Waals surface area (Å²) in [5.74, 6) is 0.489. The first-order valence-corrected chi connectivity index (χ1v) is 8.68. The van der Waals surface area contributed by atoms with Gasteiger partial charge in [0.25, 0.3) is 0 Å². The van der Waals surface area contributed by atoms with Gasteiger partial charge in [0, 0.05) is 5.92 Å². The van der Waals surface area contributed by atoms with E-state index >= 15 is 0 Å². The van der Waals surface area contributed by atoms with Crippen LogP contribution in [0.5, 0.6) is 5.75 Å². The van der Waals surface area contributed by atoms with Crippen molar-refractivity contribution >= 4 is 12.4 Å². The van der Waals surface area contributed by atoms with Crippen molar-refractivity contribution in [3.63, 3.8) is 0 Å². The van der Waals surface area contributed by atoms with E-state index in [9.17, 15) is 14.9 Å². The minimum absolute atomic E-state index is 0.0716. The fraction of sp³-hybridized carbons (Fsp3) is 0.550. The van der Waals surface area contributed by atoms with E-state index in [1.807, 2.05) is 19.9 Å². The van der Waals surface area contributed by atoms with Crippen LogP contribution in [-0.2, 0) is 22.4 Å². The largest absolute Gasteiger partial charge is 0.491 e. The molecule has 1 aromatic carbocycles. The Morgan fingerprint density at radius 1 is 1.31 bits per heavy atom. The standard InChI is InChI=1S/C20H26N2O4/c1-19(2,3)26-18(24)22-20(4,5)12-25-16-8-14-6-13(11-23)7-17(14)15(9-16)10-21/h8-9,11,13H,6-7,12H2,1-5H3,(H,22,24). The molecule has 0 spiro atoms. The molecule has 0 fully saturated rings. The zero-order chi connectivity index (χ0) is 19.5. The van der Waals surface area contributed by atoms with Gasteiger partial charge in [0.1, 0.15) is 24.2 Å². The number of nitrogens with zero attached hydrogens (tertiary/aromatic N) is 1. The zero-order valence-corrected chi connectivity index (χ0v) is 16.0. The van der Waals surface area contributed by atoms with Gasteiger partial charge in [-0.1, -0.05) is 0 Å². The molecule has 0 heterocycles. The van der Waals surface area contributed by atoms with Crippen molar-refractivity contribution in [1.29, 1.82) is 5.26 Å². The highest BCUT2D eigenvalue weighted by molar-refractivity contribution is 5.68. The predicted octanol–water partition coefficient (Wildman–Crippen LogP) is 3.15. The summed E-state index contributed by atoms with van der Waals surface area (Å²) < 4.78 is 11.1. The second kappa shape index (κ2) is 7.36. The maximum absolute atomic E-state index is 11.9. The summed E-state index contributed by atoms with van der Waals surface area (Å²) in [6.07, 6.45) is 1.67. The van der Waals surface area contributed by atoms with Crippen LogP contribution in [0.1, 0.15) is 51.3 Å². The van der Waals surface area contributed by atoms with Crippen LogP contribution < -0.4 is 10.1 Å². The summed E-state index contributed by atoms with van der Waals surface area (Å²) in [5, 5.41) is 12.2. The summed E-state index contributed by atoms with van der Waals surface area (Å²) in [4.78, 5) is 23.0. The van der Waals surface area contributed by atoms with Crippen LogP contribution in [0.4, 0.5) is 4.79 Å². The average molecular weight is 358 g/mol. The Bertz CT molecular complexity index is 741. The number of fused-ring (bicyclic) bond motifs is 1. The van der Waals surface area contributed by atoms with Crippen molar-refractivity contribution < 1.29 is 19.1 Å². The number of ether oxygens (including phenoxy) is 2. The van der Waals surface area contributed by atoms with Gasteiger partial charge < -0.3 is 19.6 Å². The summed E-state index contributed by atoms with van der Waals surface area (Å²) in [6, 6.07) is 5.75. The Morgan fingerprint density at radius 2 is 2.00 bits per heavy atom. The summed E-state index contributed by atoms with van der Waals surface area (Å²) >= 11 is 0. The highest BCUT2D eigenvalue weighted by Crippen LogP contribution is 2.32. The van der Waals surface area contributed by atoms with Crippen LogP contribution in [0.25, 0.3) is 0 Å². The highest BCUT2D eigenvalue weighted by Gasteiger charge is 2.27. The molecule has 6 nitrogen and oxygen atoms in total. The third-order valence-electron chi connectivity index (χ3n) is 4.02. The molecule has 1 aromatic rings. The molecular weight excluding hydrogens is 332 g/mol. The zero-order valence-electron chi connectivity index (χ0n) is 16.0. The van der Waals surface area contributed by atoms with Crippen LogP contribution in [0.15, 0.2) is 12.1 Å². The van der Waals surface area contributed by atoms with Crippen molar-refractivity contribution in [1.82, 2.24) is 5.32 Å². The number of carbonyl (C=O) groups excluding carboxylic acids is 2. The number of benzene rings is 1. The highest BCUT2D eigenvalue weighted by atomic mass is 16.6. The molecule has 0 radical (unpaired) electrons. The molecule has 2 rings (SSSR count). The van der Waals surface area contributed by atoms with E-state index in [0.29, 0.717) is 24.2 Å². The van der Waals surface area contributed by atoms with E-state index < -0.39 is 17.2 Å². The summed E-state index contributed by atoms with van der Waals surface area (Å²) in [7, 11) is 0. The lowest BCUT2D eigenvalue weighted by molar-refractivity contribution is -0.110. The van der Waals surface area contributed by atoms with E-state index in [1.165, 1.54) is 0 Å².